The van der Waals surface area contributed by atoms with Crippen LogP contribution in [0.4, 0.5) is 21.0 Å². The lowest BCUT2D eigenvalue weighted by molar-refractivity contribution is -0.147. The van der Waals surface area contributed by atoms with Crippen LogP contribution in [0, 0.1) is 17.8 Å². The van der Waals surface area contributed by atoms with Gasteiger partial charge >= 0.3 is 18.2 Å². The first-order valence-electron chi connectivity index (χ1n) is 24.5. The lowest BCUT2D eigenvalue weighted by atomic mass is 9.97. The molecule has 0 radical (unpaired) electrons. The predicted molar refractivity (Wildman–Crippen MR) is 269 cm³/mol. The monoisotopic (exact) mass is 951 g/mol. The number of hydrogen-bond acceptors (Lipinski definition) is 9. The fourth-order valence-electron chi connectivity index (χ4n) is 10.5. The van der Waals surface area contributed by atoms with Crippen molar-refractivity contribution in [1.82, 2.24) is 14.7 Å². The first kappa shape index (κ1) is 49.5. The molecule has 70 heavy (non-hydrogen) atoms. The van der Waals surface area contributed by atoms with Crippen LogP contribution in [0.15, 0.2) is 115 Å². The van der Waals surface area contributed by atoms with Crippen molar-refractivity contribution in [2.45, 2.75) is 116 Å². The van der Waals surface area contributed by atoms with Crippen molar-refractivity contribution in [3.05, 3.63) is 121 Å². The number of esters is 1. The van der Waals surface area contributed by atoms with E-state index in [1.165, 1.54) is 0 Å². The van der Waals surface area contributed by atoms with E-state index in [0.717, 1.165) is 52.1 Å². The SMILES string of the molecule is CC(C)(C)OC(=O)N1CC[C@@H]2[C@H]1[C@@H](C(=O)Nc1cccc3ccccc13)CN2C(=O)CCC(=O)OCc1ccccc1.CC(C)(C)OC(=O)N1CC[C@H]2CC[C@H](C(=O)Nc3cccc4ccccc34)[C@H]21. The number of benzene rings is 5. The number of carbonyl (C=O) groups is 6. The van der Waals surface area contributed by atoms with E-state index in [1.807, 2.05) is 136 Å². The van der Waals surface area contributed by atoms with E-state index >= 15 is 0 Å². The first-order chi connectivity index (χ1) is 33.4. The summed E-state index contributed by atoms with van der Waals surface area (Å²) in [6.07, 6.45) is 2.35. The van der Waals surface area contributed by atoms with Crippen molar-refractivity contribution < 1.29 is 43.0 Å². The number of nitrogens with zero attached hydrogens (tertiary/aromatic N) is 3. The minimum atomic E-state index is -0.704. The van der Waals surface area contributed by atoms with Gasteiger partial charge in [-0.15, -0.1) is 0 Å². The van der Waals surface area contributed by atoms with Crippen LogP contribution in [0.1, 0.15) is 85.6 Å². The van der Waals surface area contributed by atoms with Gasteiger partial charge in [-0.05, 0) is 102 Å². The third-order valence-electron chi connectivity index (χ3n) is 13.6. The fourth-order valence-corrected chi connectivity index (χ4v) is 10.5. The second-order valence-corrected chi connectivity index (χ2v) is 20.7. The van der Waals surface area contributed by atoms with Crippen LogP contribution in [0.5, 0.6) is 0 Å². The van der Waals surface area contributed by atoms with Crippen molar-refractivity contribution in [1.29, 1.82) is 0 Å². The van der Waals surface area contributed by atoms with E-state index in [2.05, 4.69) is 10.6 Å². The fraction of sp³-hybridized carbons (Fsp3) is 0.429. The highest BCUT2D eigenvalue weighted by Crippen LogP contribution is 2.43. The number of likely N-dealkylation sites (tertiary alicyclic amines) is 3. The summed E-state index contributed by atoms with van der Waals surface area (Å²) in [5.41, 5.74) is 1.13. The van der Waals surface area contributed by atoms with Crippen molar-refractivity contribution in [3.63, 3.8) is 0 Å². The van der Waals surface area contributed by atoms with Gasteiger partial charge in [-0.3, -0.25) is 19.2 Å². The molecule has 5 aromatic carbocycles. The molecule has 0 aromatic heterocycles. The molecule has 0 bridgehead atoms. The lowest BCUT2D eigenvalue weighted by Gasteiger charge is -2.31. The Bertz CT molecular complexity index is 2720. The van der Waals surface area contributed by atoms with E-state index < -0.39 is 35.2 Å². The summed E-state index contributed by atoms with van der Waals surface area (Å²) < 4.78 is 16.6. The number of fused-ring (bicyclic) bond motifs is 4. The molecule has 2 N–H and O–H groups in total. The molecular weight excluding hydrogens is 887 g/mol. The zero-order chi connectivity index (χ0) is 49.7. The summed E-state index contributed by atoms with van der Waals surface area (Å²) in [4.78, 5) is 83.7. The van der Waals surface area contributed by atoms with Crippen LogP contribution in [0.25, 0.3) is 21.5 Å². The maximum Gasteiger partial charge on any atom is 0.410 e. The Morgan fingerprint density at radius 1 is 0.543 bits per heavy atom. The summed E-state index contributed by atoms with van der Waals surface area (Å²) in [7, 11) is 0. The Morgan fingerprint density at radius 2 is 1.06 bits per heavy atom. The van der Waals surface area contributed by atoms with Gasteiger partial charge in [0.25, 0.3) is 0 Å². The highest BCUT2D eigenvalue weighted by Gasteiger charge is 2.55. The highest BCUT2D eigenvalue weighted by molar-refractivity contribution is 6.04. The third-order valence-corrected chi connectivity index (χ3v) is 13.6. The summed E-state index contributed by atoms with van der Waals surface area (Å²) >= 11 is 0. The molecule has 14 nitrogen and oxygen atoms in total. The zero-order valence-corrected chi connectivity index (χ0v) is 41.0. The maximum absolute atomic E-state index is 13.8. The largest absolute Gasteiger partial charge is 0.461 e. The predicted octanol–water partition coefficient (Wildman–Crippen LogP) is 9.95. The molecule has 1 aliphatic carbocycles. The number of carbonyl (C=O) groups excluding carboxylic acids is 6. The molecule has 5 aromatic rings. The van der Waals surface area contributed by atoms with Gasteiger partial charge in [0.2, 0.25) is 17.7 Å². The molecule has 3 heterocycles. The van der Waals surface area contributed by atoms with Crippen LogP contribution >= 0.6 is 0 Å². The molecule has 368 valence electrons. The van der Waals surface area contributed by atoms with Crippen LogP contribution < -0.4 is 10.6 Å². The van der Waals surface area contributed by atoms with Gasteiger partial charge < -0.3 is 39.5 Å². The van der Waals surface area contributed by atoms with Gasteiger partial charge in [-0.1, -0.05) is 103 Å². The minimum absolute atomic E-state index is 0.000637. The molecule has 9 rings (SSSR count). The topological polar surface area (TPSA) is 164 Å². The van der Waals surface area contributed by atoms with Crippen LogP contribution in [0.2, 0.25) is 0 Å². The van der Waals surface area contributed by atoms with Crippen molar-refractivity contribution >= 4 is 68.8 Å². The van der Waals surface area contributed by atoms with Crippen molar-refractivity contribution in [3.8, 4) is 0 Å². The Kier molecular flexibility index (Phi) is 14.8. The molecule has 5 amide bonds. The molecule has 3 saturated heterocycles. The zero-order valence-electron chi connectivity index (χ0n) is 41.0. The average Bonchev–Trinajstić information content (AvgIpc) is 4.13. The summed E-state index contributed by atoms with van der Waals surface area (Å²) in [6.45, 7) is 12.3. The van der Waals surface area contributed by atoms with Gasteiger partial charge in [-0.2, -0.15) is 0 Å². The van der Waals surface area contributed by atoms with Gasteiger partial charge in [0.05, 0.1) is 30.3 Å². The molecule has 4 aliphatic rings. The summed E-state index contributed by atoms with van der Waals surface area (Å²) in [6, 6.07) is 35.8. The van der Waals surface area contributed by atoms with Gasteiger partial charge in [0.1, 0.15) is 17.8 Å². The summed E-state index contributed by atoms with van der Waals surface area (Å²) in [5.74, 6) is -1.45. The second kappa shape index (κ2) is 21.0. The number of nitrogens with one attached hydrogen (secondary N) is 2. The van der Waals surface area contributed by atoms with Gasteiger partial charge in [0, 0.05) is 54.2 Å². The average molecular weight is 952 g/mol. The number of amides is 5. The normalized spacial score (nSPS) is 21.6. The highest BCUT2D eigenvalue weighted by atomic mass is 16.6. The number of hydrogen-bond donors (Lipinski definition) is 2. The molecular formula is C56H65N5O9. The van der Waals surface area contributed by atoms with Crippen LogP contribution in [0.3, 0.4) is 0 Å². The van der Waals surface area contributed by atoms with Crippen molar-refractivity contribution in [2.24, 2.45) is 17.8 Å². The van der Waals surface area contributed by atoms with E-state index in [0.29, 0.717) is 31.1 Å². The minimum Gasteiger partial charge on any atom is -0.461 e. The molecule has 14 heteroatoms. The van der Waals surface area contributed by atoms with E-state index in [-0.39, 0.29) is 67.8 Å². The van der Waals surface area contributed by atoms with Crippen LogP contribution in [-0.4, -0.2) is 99.5 Å². The Morgan fingerprint density at radius 3 is 1.64 bits per heavy atom. The van der Waals surface area contributed by atoms with Crippen LogP contribution in [-0.2, 0) is 40.0 Å². The first-order valence-corrected chi connectivity index (χ1v) is 24.5. The van der Waals surface area contributed by atoms with E-state index in [9.17, 15) is 28.8 Å². The molecule has 1 saturated carbocycles. The van der Waals surface area contributed by atoms with Gasteiger partial charge in [-0.25, -0.2) is 9.59 Å². The van der Waals surface area contributed by atoms with E-state index in [1.54, 1.807) is 35.5 Å². The van der Waals surface area contributed by atoms with Crippen molar-refractivity contribution in [2.75, 3.05) is 30.3 Å². The van der Waals surface area contributed by atoms with E-state index in [4.69, 9.17) is 14.2 Å². The molecule has 4 fully saturated rings. The smallest absolute Gasteiger partial charge is 0.410 e. The Hall–Kier alpha value is -6.96. The number of anilines is 2. The Labute approximate surface area is 410 Å². The molecule has 0 spiro atoms. The number of rotatable bonds is 9. The lowest BCUT2D eigenvalue weighted by Crippen LogP contribution is -2.47. The Balaban J connectivity index is 0.000000204. The second-order valence-electron chi connectivity index (χ2n) is 20.7. The summed E-state index contributed by atoms with van der Waals surface area (Å²) in [5, 5.41) is 10.2. The third kappa shape index (κ3) is 11.5. The molecule has 6 atom stereocenters. The standard InChI is InChI=1S/C33H37N3O6.C23H28N2O3/c1-33(2,3)42-32(40)35-19-18-27-30(35)25(31(39)34-26-15-9-13-23-12-7-8-14-24(23)26)20-36(27)28(37)16-17-29(38)41-21-22-10-5-4-6-11-22;1-23(2,3)28-22(27)25-14-13-16-11-12-18(20(16)25)21(26)24-19-10-6-8-15-7-4-5-9-17(15)19/h4-15,25,27,30H,16-21H2,1-3H3,(H,34,39);4-10,16,18,20H,11-14H2,1-3H3,(H,24,26)/t25-,27+,30+;16-,18+,20+/m01/s1. The number of ether oxygens (including phenoxy) is 3. The maximum atomic E-state index is 13.8. The van der Waals surface area contributed by atoms with Gasteiger partial charge in [0.15, 0.2) is 0 Å². The molecule has 3 aliphatic heterocycles. The molecule has 0 unspecified atom stereocenters. The quantitative estimate of drug-likeness (QED) is 0.108.